The molecule has 0 radical (unpaired) electrons. The van der Waals surface area contributed by atoms with Crippen LogP contribution in [0, 0.1) is 5.82 Å². The van der Waals surface area contributed by atoms with Crippen LogP contribution in [0.2, 0.25) is 0 Å². The molecule has 0 aliphatic carbocycles. The Morgan fingerprint density at radius 2 is 1.79 bits per heavy atom. The van der Waals surface area contributed by atoms with Crippen molar-refractivity contribution in [1.29, 1.82) is 0 Å². The largest absolute Gasteiger partial charge is 0.478 e. The minimum Gasteiger partial charge on any atom is -0.478 e. The number of carbonyl (C=O) groups excluding carboxylic acids is 2. The predicted octanol–water partition coefficient (Wildman–Crippen LogP) is 2.11. The summed E-state index contributed by atoms with van der Waals surface area (Å²) in [5.74, 6) is -0.653. The van der Waals surface area contributed by atoms with E-state index in [1.165, 1.54) is 12.1 Å². The van der Waals surface area contributed by atoms with Crippen molar-refractivity contribution in [3.63, 3.8) is 0 Å². The van der Waals surface area contributed by atoms with Crippen LogP contribution in [0.3, 0.4) is 0 Å². The minimum atomic E-state index is -0.795. The number of carbonyl (C=O) groups is 2. The van der Waals surface area contributed by atoms with Crippen LogP contribution < -0.4 is 4.74 Å². The highest BCUT2D eigenvalue weighted by Crippen LogP contribution is 2.21. The lowest BCUT2D eigenvalue weighted by atomic mass is 10.1. The summed E-state index contributed by atoms with van der Waals surface area (Å²) in [6.45, 7) is 4.26. The summed E-state index contributed by atoms with van der Waals surface area (Å²) >= 11 is 0. The second-order valence-electron chi connectivity index (χ2n) is 7.49. The molecule has 1 unspecified atom stereocenters. The van der Waals surface area contributed by atoms with Crippen LogP contribution in [0.1, 0.15) is 35.8 Å². The molecule has 0 saturated carbocycles. The van der Waals surface area contributed by atoms with Crippen LogP contribution in [0.4, 0.5) is 4.39 Å². The van der Waals surface area contributed by atoms with Crippen molar-refractivity contribution in [1.82, 2.24) is 19.6 Å². The molecule has 0 N–H and O–H groups in total. The summed E-state index contributed by atoms with van der Waals surface area (Å²) in [5, 5.41) is 4.34. The summed E-state index contributed by atoms with van der Waals surface area (Å²) in [5.41, 5.74) is 1.70. The maximum Gasteiger partial charge on any atom is 0.263 e. The smallest absolute Gasteiger partial charge is 0.263 e. The Morgan fingerprint density at radius 1 is 1.07 bits per heavy atom. The summed E-state index contributed by atoms with van der Waals surface area (Å²) in [6, 6.07) is 6.03. The third-order valence-corrected chi connectivity index (χ3v) is 5.58. The third kappa shape index (κ3) is 3.97. The molecular formula is C21H25FN4O3. The third-order valence-electron chi connectivity index (χ3n) is 5.58. The van der Waals surface area contributed by atoms with E-state index in [1.54, 1.807) is 35.1 Å². The number of aromatic nitrogens is 2. The van der Waals surface area contributed by atoms with Gasteiger partial charge in [0, 0.05) is 32.7 Å². The highest BCUT2D eigenvalue weighted by molar-refractivity contribution is 5.95. The van der Waals surface area contributed by atoms with Gasteiger partial charge in [0.15, 0.2) is 17.7 Å². The first-order valence-electron chi connectivity index (χ1n) is 10.1. The highest BCUT2D eigenvalue weighted by atomic mass is 19.1. The van der Waals surface area contributed by atoms with Crippen LogP contribution in [0.5, 0.6) is 5.75 Å². The van der Waals surface area contributed by atoms with Gasteiger partial charge in [-0.2, -0.15) is 5.10 Å². The van der Waals surface area contributed by atoms with E-state index in [9.17, 15) is 14.0 Å². The average molecular weight is 400 g/mol. The molecule has 1 saturated heterocycles. The van der Waals surface area contributed by atoms with Crippen molar-refractivity contribution in [3.05, 3.63) is 47.5 Å². The van der Waals surface area contributed by atoms with Crippen molar-refractivity contribution >= 4 is 11.8 Å². The number of fused-ring (bicyclic) bond motifs is 1. The zero-order chi connectivity index (χ0) is 20.4. The number of para-hydroxylation sites is 1. The van der Waals surface area contributed by atoms with Crippen molar-refractivity contribution in [3.8, 4) is 5.75 Å². The van der Waals surface area contributed by atoms with Gasteiger partial charge in [-0.05, 0) is 38.3 Å². The molecular weight excluding hydrogens is 375 g/mol. The highest BCUT2D eigenvalue weighted by Gasteiger charge is 2.30. The van der Waals surface area contributed by atoms with Gasteiger partial charge in [-0.1, -0.05) is 12.1 Å². The molecule has 0 bridgehead atoms. The lowest BCUT2D eigenvalue weighted by Crippen LogP contribution is -2.53. The number of hydrogen-bond acceptors (Lipinski definition) is 4. The van der Waals surface area contributed by atoms with E-state index in [-0.39, 0.29) is 17.6 Å². The fourth-order valence-corrected chi connectivity index (χ4v) is 3.94. The van der Waals surface area contributed by atoms with Gasteiger partial charge in [-0.25, -0.2) is 4.39 Å². The SMILES string of the molecule is CC(Oc1ccccc1F)C(=O)N1CCN(C(=O)c2cnn3c2CCCC3)CC1. The van der Waals surface area contributed by atoms with Gasteiger partial charge in [0.05, 0.1) is 17.5 Å². The molecule has 2 aromatic rings. The summed E-state index contributed by atoms with van der Waals surface area (Å²) in [6.07, 6.45) is 3.93. The van der Waals surface area contributed by atoms with Gasteiger partial charge in [0.2, 0.25) is 0 Å². The van der Waals surface area contributed by atoms with E-state index < -0.39 is 11.9 Å². The lowest BCUT2D eigenvalue weighted by molar-refractivity contribution is -0.139. The summed E-state index contributed by atoms with van der Waals surface area (Å²) in [7, 11) is 0. The number of benzene rings is 1. The Bertz CT molecular complexity index is 905. The molecule has 2 amide bonds. The topological polar surface area (TPSA) is 67.7 Å². The molecule has 154 valence electrons. The molecule has 1 aromatic heterocycles. The Labute approximate surface area is 169 Å². The van der Waals surface area contributed by atoms with E-state index >= 15 is 0 Å². The van der Waals surface area contributed by atoms with E-state index in [1.807, 2.05) is 4.68 Å². The fourth-order valence-electron chi connectivity index (χ4n) is 3.94. The van der Waals surface area contributed by atoms with Gasteiger partial charge in [-0.15, -0.1) is 0 Å². The van der Waals surface area contributed by atoms with Crippen molar-refractivity contribution in [2.24, 2.45) is 0 Å². The predicted molar refractivity (Wildman–Crippen MR) is 104 cm³/mol. The first kappa shape index (κ1) is 19.4. The van der Waals surface area contributed by atoms with E-state index in [4.69, 9.17) is 4.74 Å². The van der Waals surface area contributed by atoms with E-state index in [0.717, 1.165) is 31.5 Å². The number of hydrogen-bond donors (Lipinski definition) is 0. The maximum absolute atomic E-state index is 13.7. The number of nitrogens with zero attached hydrogens (tertiary/aromatic N) is 4. The Kier molecular flexibility index (Phi) is 5.51. The molecule has 4 rings (SSSR count). The Balaban J connectivity index is 1.34. The molecule has 8 heteroatoms. The normalized spacial score (nSPS) is 17.6. The maximum atomic E-state index is 13.7. The van der Waals surface area contributed by atoms with E-state index in [0.29, 0.717) is 31.7 Å². The fraction of sp³-hybridized carbons (Fsp3) is 0.476. The molecule has 1 aromatic carbocycles. The molecule has 2 aliphatic rings. The molecule has 3 heterocycles. The van der Waals surface area contributed by atoms with E-state index in [2.05, 4.69) is 5.10 Å². The number of amides is 2. The van der Waals surface area contributed by atoms with Crippen LogP contribution in [0.15, 0.2) is 30.5 Å². The molecule has 2 aliphatic heterocycles. The Morgan fingerprint density at radius 3 is 2.55 bits per heavy atom. The van der Waals surface area contributed by atoms with Crippen LogP contribution in [0.25, 0.3) is 0 Å². The first-order chi connectivity index (χ1) is 14.0. The van der Waals surface area contributed by atoms with Crippen LogP contribution >= 0.6 is 0 Å². The summed E-state index contributed by atoms with van der Waals surface area (Å²) in [4.78, 5) is 29.0. The molecule has 7 nitrogen and oxygen atoms in total. The zero-order valence-electron chi connectivity index (χ0n) is 16.5. The minimum absolute atomic E-state index is 0.0177. The molecule has 29 heavy (non-hydrogen) atoms. The van der Waals surface area contributed by atoms with Gasteiger partial charge < -0.3 is 14.5 Å². The number of rotatable bonds is 4. The number of halogens is 1. The van der Waals surface area contributed by atoms with Crippen molar-refractivity contribution in [2.45, 2.75) is 38.8 Å². The Hall–Kier alpha value is -2.90. The van der Waals surface area contributed by atoms with Gasteiger partial charge in [0.1, 0.15) is 0 Å². The van der Waals surface area contributed by atoms with Crippen LogP contribution in [-0.4, -0.2) is 63.7 Å². The quantitative estimate of drug-likeness (QED) is 0.788. The monoisotopic (exact) mass is 400 g/mol. The lowest BCUT2D eigenvalue weighted by Gasteiger charge is -2.36. The van der Waals surface area contributed by atoms with Gasteiger partial charge >= 0.3 is 0 Å². The first-order valence-corrected chi connectivity index (χ1v) is 10.1. The second-order valence-corrected chi connectivity index (χ2v) is 7.49. The summed E-state index contributed by atoms with van der Waals surface area (Å²) < 4.78 is 21.2. The zero-order valence-corrected chi connectivity index (χ0v) is 16.5. The van der Waals surface area contributed by atoms with Gasteiger partial charge in [-0.3, -0.25) is 14.3 Å². The molecule has 1 atom stereocenters. The second kappa shape index (κ2) is 8.23. The van der Waals surface area contributed by atoms with Gasteiger partial charge in [0.25, 0.3) is 11.8 Å². The number of piperazine rings is 1. The van der Waals surface area contributed by atoms with Crippen molar-refractivity contribution < 1.29 is 18.7 Å². The number of aryl methyl sites for hydroxylation is 1. The molecule has 0 spiro atoms. The van der Waals surface area contributed by atoms with Crippen LogP contribution in [-0.2, 0) is 17.8 Å². The van der Waals surface area contributed by atoms with Crippen molar-refractivity contribution in [2.75, 3.05) is 26.2 Å². The standard InChI is InChI=1S/C21H25FN4O3/c1-15(29-19-8-3-2-6-17(19)22)20(27)24-10-12-25(13-11-24)21(28)16-14-23-26-9-5-4-7-18(16)26/h2-3,6,8,14-15H,4-5,7,9-13H2,1H3. The number of ether oxygens (including phenoxy) is 1. The average Bonchev–Trinajstić information content (AvgIpc) is 3.18. The molecule has 1 fully saturated rings.